The molecular formula is C18H25ClN4O3. The van der Waals surface area contributed by atoms with Crippen LogP contribution in [0.15, 0.2) is 12.1 Å². The first-order chi connectivity index (χ1) is 12.3. The topological polar surface area (TPSA) is 82.7 Å². The molecule has 0 bridgehead atoms. The van der Waals surface area contributed by atoms with E-state index < -0.39 is 5.66 Å². The minimum Gasteiger partial charge on any atom is -0.496 e. The highest BCUT2D eigenvalue weighted by Crippen LogP contribution is 2.33. The number of hydrogen-bond acceptors (Lipinski definition) is 5. The fraction of sp³-hybridized carbons (Fsp3) is 0.556. The Hall–Kier alpha value is -1.83. The van der Waals surface area contributed by atoms with E-state index in [2.05, 4.69) is 27.8 Å². The minimum absolute atomic E-state index is 0.242. The Labute approximate surface area is 158 Å². The first-order valence-electron chi connectivity index (χ1n) is 8.82. The maximum absolute atomic E-state index is 13.0. The number of amides is 2. The summed E-state index contributed by atoms with van der Waals surface area (Å²) in [4.78, 5) is 26.6. The lowest BCUT2D eigenvalue weighted by Gasteiger charge is -2.47. The molecule has 26 heavy (non-hydrogen) atoms. The maximum atomic E-state index is 13.0. The minimum atomic E-state index is -0.419. The van der Waals surface area contributed by atoms with Gasteiger partial charge in [0, 0.05) is 26.1 Å². The van der Waals surface area contributed by atoms with Crippen LogP contribution in [0, 0.1) is 0 Å². The molecule has 1 aromatic carbocycles. The van der Waals surface area contributed by atoms with E-state index in [0.29, 0.717) is 28.2 Å². The van der Waals surface area contributed by atoms with Crippen LogP contribution in [0.3, 0.4) is 0 Å². The summed E-state index contributed by atoms with van der Waals surface area (Å²) in [5, 5.41) is 9.59. The molecule has 2 aliphatic heterocycles. The van der Waals surface area contributed by atoms with E-state index in [0.717, 1.165) is 32.4 Å². The lowest BCUT2D eigenvalue weighted by molar-refractivity contribution is -0.114. The number of hydrogen-bond donors (Lipinski definition) is 3. The van der Waals surface area contributed by atoms with Crippen molar-refractivity contribution in [2.75, 3.05) is 25.5 Å². The molecule has 2 heterocycles. The summed E-state index contributed by atoms with van der Waals surface area (Å²) in [6, 6.07) is 3.11. The summed E-state index contributed by atoms with van der Waals surface area (Å²) in [5.74, 6) is -0.118. The molecule has 0 aliphatic carbocycles. The molecule has 8 heteroatoms. The molecule has 2 atom stereocenters. The number of carbonyl (C=O) groups is 2. The second kappa shape index (κ2) is 7.42. The van der Waals surface area contributed by atoms with Crippen molar-refractivity contribution in [1.82, 2.24) is 15.5 Å². The summed E-state index contributed by atoms with van der Waals surface area (Å²) in [6.45, 7) is 5.27. The van der Waals surface area contributed by atoms with Crippen LogP contribution >= 0.6 is 11.6 Å². The fourth-order valence-corrected chi connectivity index (χ4v) is 4.04. The lowest BCUT2D eigenvalue weighted by atomic mass is 10.0. The second-order valence-corrected chi connectivity index (χ2v) is 7.40. The summed E-state index contributed by atoms with van der Waals surface area (Å²) in [5.41, 5.74) is 0.347. The molecule has 3 rings (SSSR count). The van der Waals surface area contributed by atoms with Crippen molar-refractivity contribution in [3.8, 4) is 5.75 Å². The van der Waals surface area contributed by atoms with Gasteiger partial charge in [0.2, 0.25) is 5.91 Å². The first-order valence-corrected chi connectivity index (χ1v) is 9.19. The number of halogens is 1. The highest BCUT2D eigenvalue weighted by molar-refractivity contribution is 6.34. The van der Waals surface area contributed by atoms with Gasteiger partial charge in [-0.25, -0.2) is 0 Å². The van der Waals surface area contributed by atoms with Gasteiger partial charge in [0.15, 0.2) is 0 Å². The molecule has 0 saturated carbocycles. The number of nitrogens with zero attached hydrogens (tertiary/aromatic N) is 1. The molecule has 0 spiro atoms. The van der Waals surface area contributed by atoms with Gasteiger partial charge in [-0.1, -0.05) is 11.6 Å². The van der Waals surface area contributed by atoms with Gasteiger partial charge in [-0.05, 0) is 32.3 Å². The highest BCUT2D eigenvalue weighted by Gasteiger charge is 2.43. The lowest BCUT2D eigenvalue weighted by Crippen LogP contribution is -2.67. The fourth-order valence-electron chi connectivity index (χ4n) is 3.83. The van der Waals surface area contributed by atoms with Crippen LogP contribution in [0.2, 0.25) is 5.02 Å². The van der Waals surface area contributed by atoms with E-state index in [9.17, 15) is 9.59 Å². The molecule has 2 aliphatic rings. The number of methoxy groups -OCH3 is 1. The van der Waals surface area contributed by atoms with E-state index in [1.807, 2.05) is 0 Å². The molecule has 142 valence electrons. The summed E-state index contributed by atoms with van der Waals surface area (Å²) in [7, 11) is 1.49. The molecule has 0 aromatic heterocycles. The maximum Gasteiger partial charge on any atom is 0.256 e. The van der Waals surface area contributed by atoms with Crippen LogP contribution in [0.25, 0.3) is 0 Å². The third kappa shape index (κ3) is 3.65. The average molecular weight is 381 g/mol. The number of benzene rings is 1. The molecule has 2 unspecified atom stereocenters. The molecule has 2 saturated heterocycles. The van der Waals surface area contributed by atoms with Crippen LogP contribution < -0.4 is 20.7 Å². The highest BCUT2D eigenvalue weighted by atomic mass is 35.5. The number of anilines is 1. The van der Waals surface area contributed by atoms with E-state index in [-0.39, 0.29) is 11.8 Å². The van der Waals surface area contributed by atoms with Crippen molar-refractivity contribution >= 4 is 29.1 Å². The van der Waals surface area contributed by atoms with Gasteiger partial charge in [0.05, 0.1) is 35.2 Å². The zero-order valence-electron chi connectivity index (χ0n) is 15.3. The predicted molar refractivity (Wildman–Crippen MR) is 101 cm³/mol. The summed E-state index contributed by atoms with van der Waals surface area (Å²) in [6.07, 6.45) is 3.33. The Morgan fingerprint density at radius 3 is 2.88 bits per heavy atom. The van der Waals surface area contributed by atoms with Crippen molar-refractivity contribution in [3.63, 3.8) is 0 Å². The Morgan fingerprint density at radius 2 is 2.19 bits per heavy atom. The Bertz CT molecular complexity index is 727. The van der Waals surface area contributed by atoms with E-state index in [1.54, 1.807) is 6.07 Å². The zero-order valence-corrected chi connectivity index (χ0v) is 16.1. The number of fused-ring (bicyclic) bond motifs is 1. The molecular weight excluding hydrogens is 356 g/mol. The van der Waals surface area contributed by atoms with Crippen molar-refractivity contribution in [2.24, 2.45) is 0 Å². The van der Waals surface area contributed by atoms with Crippen LogP contribution in [0.4, 0.5) is 5.69 Å². The van der Waals surface area contributed by atoms with Gasteiger partial charge in [0.25, 0.3) is 5.91 Å². The molecule has 2 fully saturated rings. The van der Waals surface area contributed by atoms with Crippen molar-refractivity contribution < 1.29 is 14.3 Å². The van der Waals surface area contributed by atoms with Crippen LogP contribution in [0.1, 0.15) is 43.5 Å². The van der Waals surface area contributed by atoms with Gasteiger partial charge >= 0.3 is 0 Å². The molecule has 3 N–H and O–H groups in total. The number of nitrogens with one attached hydrogen (secondary N) is 3. The molecule has 0 radical (unpaired) electrons. The van der Waals surface area contributed by atoms with E-state index >= 15 is 0 Å². The second-order valence-electron chi connectivity index (χ2n) is 7.00. The Morgan fingerprint density at radius 1 is 1.42 bits per heavy atom. The number of ether oxygens (including phenoxy) is 1. The first kappa shape index (κ1) is 18.9. The predicted octanol–water partition coefficient (Wildman–Crippen LogP) is 2.17. The number of carbonyl (C=O) groups excluding carboxylic acids is 2. The van der Waals surface area contributed by atoms with Gasteiger partial charge in [-0.2, -0.15) is 0 Å². The van der Waals surface area contributed by atoms with Crippen LogP contribution in [-0.2, 0) is 4.79 Å². The van der Waals surface area contributed by atoms with Crippen LogP contribution in [0.5, 0.6) is 5.75 Å². The third-order valence-corrected chi connectivity index (χ3v) is 5.42. The SMILES string of the molecule is COc1cc(NC(C)=O)c(Cl)cc1C(=O)NC1(C)CCNC2CCCN21. The summed E-state index contributed by atoms with van der Waals surface area (Å²) >= 11 is 6.24. The van der Waals surface area contributed by atoms with E-state index in [1.165, 1.54) is 20.1 Å². The zero-order chi connectivity index (χ0) is 18.9. The largest absolute Gasteiger partial charge is 0.496 e. The molecule has 7 nitrogen and oxygen atoms in total. The normalized spacial score (nSPS) is 25.5. The Balaban J connectivity index is 1.85. The smallest absolute Gasteiger partial charge is 0.256 e. The van der Waals surface area contributed by atoms with Gasteiger partial charge in [0.1, 0.15) is 5.75 Å². The van der Waals surface area contributed by atoms with Crippen molar-refractivity contribution in [3.05, 3.63) is 22.7 Å². The number of rotatable bonds is 4. The van der Waals surface area contributed by atoms with Crippen LogP contribution in [-0.4, -0.2) is 48.7 Å². The average Bonchev–Trinajstić information content (AvgIpc) is 3.06. The summed E-state index contributed by atoms with van der Waals surface area (Å²) < 4.78 is 5.36. The van der Waals surface area contributed by atoms with Gasteiger partial charge in [-0.15, -0.1) is 0 Å². The quantitative estimate of drug-likeness (QED) is 0.745. The Kier molecular flexibility index (Phi) is 5.41. The molecule has 2 amide bonds. The van der Waals surface area contributed by atoms with Gasteiger partial charge < -0.3 is 20.7 Å². The standard InChI is InChI=1S/C18H25ClN4O3/c1-11(24)21-14-10-15(26-3)12(9-13(14)19)17(25)22-18(2)6-7-20-16-5-4-8-23(16)18/h9-10,16,20H,4-8H2,1-3H3,(H,21,24)(H,22,25). The monoisotopic (exact) mass is 380 g/mol. The van der Waals surface area contributed by atoms with Crippen molar-refractivity contribution in [2.45, 2.75) is 44.9 Å². The van der Waals surface area contributed by atoms with Gasteiger partial charge in [-0.3, -0.25) is 14.5 Å². The third-order valence-electron chi connectivity index (χ3n) is 5.11. The molecule has 1 aromatic rings. The van der Waals surface area contributed by atoms with Crippen molar-refractivity contribution in [1.29, 1.82) is 0 Å². The van der Waals surface area contributed by atoms with E-state index in [4.69, 9.17) is 16.3 Å².